The molecule has 0 bridgehead atoms. The zero-order valence-corrected chi connectivity index (χ0v) is 14.0. The van der Waals surface area contributed by atoms with Crippen LogP contribution in [0.3, 0.4) is 0 Å². The number of benzene rings is 2. The largest absolute Gasteiger partial charge is 0.198 e. The highest BCUT2D eigenvalue weighted by Crippen LogP contribution is 2.45. The van der Waals surface area contributed by atoms with Crippen molar-refractivity contribution in [2.75, 3.05) is 0 Å². The zero-order valence-electron chi connectivity index (χ0n) is 14.0. The average molecular weight is 303 g/mol. The Kier molecular flexibility index (Phi) is 4.82. The van der Waals surface area contributed by atoms with Crippen LogP contribution in [0.1, 0.15) is 56.9 Å². The summed E-state index contributed by atoms with van der Waals surface area (Å²) >= 11 is 0. The second kappa shape index (κ2) is 7.01. The van der Waals surface area contributed by atoms with E-state index >= 15 is 0 Å². The van der Waals surface area contributed by atoms with Crippen molar-refractivity contribution in [3.05, 3.63) is 60.2 Å². The smallest absolute Gasteiger partial charge is 0.0689 e. The molecule has 0 heterocycles. The Morgan fingerprint density at radius 2 is 1.57 bits per heavy atom. The van der Waals surface area contributed by atoms with E-state index in [-0.39, 0.29) is 5.41 Å². The summed E-state index contributed by atoms with van der Waals surface area (Å²) in [5.41, 5.74) is 3.94. The molecule has 1 saturated carbocycles. The molecule has 2 aromatic rings. The van der Waals surface area contributed by atoms with Crippen LogP contribution in [-0.4, -0.2) is 0 Å². The van der Waals surface area contributed by atoms with Gasteiger partial charge in [-0.1, -0.05) is 67.9 Å². The van der Waals surface area contributed by atoms with Crippen molar-refractivity contribution in [2.24, 2.45) is 5.41 Å². The van der Waals surface area contributed by atoms with Crippen molar-refractivity contribution >= 4 is 0 Å². The Morgan fingerprint density at radius 1 is 0.957 bits per heavy atom. The Balaban J connectivity index is 1.69. The molecule has 118 valence electrons. The zero-order chi connectivity index (χ0) is 16.1. The molecular formula is C22H25N. The van der Waals surface area contributed by atoms with E-state index in [0.29, 0.717) is 5.92 Å². The van der Waals surface area contributed by atoms with E-state index in [1.807, 2.05) is 0 Å². The molecule has 1 aliphatic carbocycles. The highest BCUT2D eigenvalue weighted by atomic mass is 14.4. The maximum atomic E-state index is 9.54. The Hall–Kier alpha value is -2.07. The van der Waals surface area contributed by atoms with Crippen LogP contribution in [0, 0.1) is 16.7 Å². The summed E-state index contributed by atoms with van der Waals surface area (Å²) < 4.78 is 0. The lowest BCUT2D eigenvalue weighted by atomic mass is 9.68. The fraction of sp³-hybridized carbons (Fsp3) is 0.409. The fourth-order valence-corrected chi connectivity index (χ4v) is 3.98. The summed E-state index contributed by atoms with van der Waals surface area (Å²) in [7, 11) is 0. The molecule has 0 aromatic heterocycles. The maximum absolute atomic E-state index is 9.54. The predicted octanol–water partition coefficient (Wildman–Crippen LogP) is 6.32. The number of nitrogens with zero attached hydrogens (tertiary/aromatic N) is 1. The molecule has 0 aliphatic heterocycles. The number of hydrogen-bond donors (Lipinski definition) is 0. The van der Waals surface area contributed by atoms with Gasteiger partial charge in [-0.25, -0.2) is 0 Å². The normalized spacial score (nSPS) is 24.1. The van der Waals surface area contributed by atoms with Crippen LogP contribution in [0.15, 0.2) is 54.6 Å². The van der Waals surface area contributed by atoms with E-state index in [1.54, 1.807) is 0 Å². The van der Waals surface area contributed by atoms with Crippen molar-refractivity contribution in [1.82, 2.24) is 0 Å². The lowest BCUT2D eigenvalue weighted by molar-refractivity contribution is 0.228. The molecule has 0 saturated heterocycles. The predicted molar refractivity (Wildman–Crippen MR) is 96.0 cm³/mol. The van der Waals surface area contributed by atoms with Gasteiger partial charge < -0.3 is 0 Å². The molecule has 0 radical (unpaired) electrons. The average Bonchev–Trinajstić information content (AvgIpc) is 2.63. The van der Waals surface area contributed by atoms with Crippen LogP contribution in [0.5, 0.6) is 0 Å². The van der Waals surface area contributed by atoms with E-state index in [4.69, 9.17) is 0 Å². The highest BCUT2D eigenvalue weighted by Gasteiger charge is 2.34. The highest BCUT2D eigenvalue weighted by molar-refractivity contribution is 5.63. The number of hydrogen-bond acceptors (Lipinski definition) is 1. The monoisotopic (exact) mass is 303 g/mol. The molecule has 0 atom stereocenters. The molecule has 0 spiro atoms. The first-order valence-corrected chi connectivity index (χ1v) is 8.83. The summed E-state index contributed by atoms with van der Waals surface area (Å²) in [5.74, 6) is 0.623. The summed E-state index contributed by atoms with van der Waals surface area (Å²) in [5, 5.41) is 9.54. The van der Waals surface area contributed by atoms with Crippen LogP contribution in [0.2, 0.25) is 0 Å². The minimum absolute atomic E-state index is 0.0464. The minimum Gasteiger partial charge on any atom is -0.198 e. The molecule has 0 N–H and O–H groups in total. The number of nitriles is 1. The third-order valence-electron chi connectivity index (χ3n) is 5.40. The molecule has 23 heavy (non-hydrogen) atoms. The first-order chi connectivity index (χ1) is 11.3. The van der Waals surface area contributed by atoms with Crippen molar-refractivity contribution < 1.29 is 0 Å². The van der Waals surface area contributed by atoms with Gasteiger partial charge in [0.2, 0.25) is 0 Å². The fourth-order valence-electron chi connectivity index (χ4n) is 3.98. The molecular weight excluding hydrogens is 278 g/mol. The maximum Gasteiger partial charge on any atom is 0.0689 e. The van der Waals surface area contributed by atoms with Crippen molar-refractivity contribution in [2.45, 2.75) is 51.4 Å². The van der Waals surface area contributed by atoms with Gasteiger partial charge >= 0.3 is 0 Å². The van der Waals surface area contributed by atoms with E-state index in [2.05, 4.69) is 67.6 Å². The molecule has 3 rings (SSSR count). The Morgan fingerprint density at radius 3 is 2.13 bits per heavy atom. The van der Waals surface area contributed by atoms with Crippen molar-refractivity contribution in [3.63, 3.8) is 0 Å². The Bertz CT molecular complexity index is 655. The van der Waals surface area contributed by atoms with Crippen molar-refractivity contribution in [1.29, 1.82) is 5.26 Å². The molecule has 2 aromatic carbocycles. The van der Waals surface area contributed by atoms with Gasteiger partial charge in [-0.05, 0) is 54.7 Å². The van der Waals surface area contributed by atoms with Gasteiger partial charge in [0.25, 0.3) is 0 Å². The first-order valence-electron chi connectivity index (χ1n) is 8.83. The molecule has 1 aliphatic rings. The van der Waals surface area contributed by atoms with Crippen molar-refractivity contribution in [3.8, 4) is 17.2 Å². The molecule has 1 heteroatoms. The summed E-state index contributed by atoms with van der Waals surface area (Å²) in [6.45, 7) is 2.19. The quantitative estimate of drug-likeness (QED) is 0.648. The Labute approximate surface area is 140 Å². The van der Waals surface area contributed by atoms with Crippen LogP contribution in [0.4, 0.5) is 0 Å². The lowest BCUT2D eigenvalue weighted by Gasteiger charge is -2.35. The van der Waals surface area contributed by atoms with Gasteiger partial charge in [-0.3, -0.25) is 0 Å². The summed E-state index contributed by atoms with van der Waals surface area (Å²) in [4.78, 5) is 0. The van der Waals surface area contributed by atoms with Crippen LogP contribution < -0.4 is 0 Å². The van der Waals surface area contributed by atoms with Crippen LogP contribution in [0.25, 0.3) is 11.1 Å². The van der Waals surface area contributed by atoms with E-state index in [9.17, 15) is 5.26 Å². The summed E-state index contributed by atoms with van der Waals surface area (Å²) in [6, 6.07) is 22.2. The second-order valence-electron chi connectivity index (χ2n) is 6.90. The van der Waals surface area contributed by atoms with E-state index in [0.717, 1.165) is 38.5 Å². The standard InChI is InChI=1S/C22H25N/c1-2-14-22(17-23)15-12-21(13-16-22)20-10-8-19(9-11-20)18-6-4-3-5-7-18/h3-11,21H,2,12-16H2,1H3. The van der Waals surface area contributed by atoms with E-state index in [1.165, 1.54) is 16.7 Å². The topological polar surface area (TPSA) is 23.8 Å². The van der Waals surface area contributed by atoms with E-state index < -0.39 is 0 Å². The lowest BCUT2D eigenvalue weighted by Crippen LogP contribution is -2.25. The minimum atomic E-state index is -0.0464. The SMILES string of the molecule is CCCC1(C#N)CCC(c2ccc(-c3ccccc3)cc2)CC1. The third-order valence-corrected chi connectivity index (χ3v) is 5.40. The van der Waals surface area contributed by atoms with Gasteiger partial charge in [-0.2, -0.15) is 5.26 Å². The molecule has 0 unspecified atom stereocenters. The van der Waals surface area contributed by atoms with Gasteiger partial charge in [0.05, 0.1) is 11.5 Å². The van der Waals surface area contributed by atoms with Crippen LogP contribution >= 0.6 is 0 Å². The van der Waals surface area contributed by atoms with Gasteiger partial charge in [0.15, 0.2) is 0 Å². The van der Waals surface area contributed by atoms with Gasteiger partial charge in [-0.15, -0.1) is 0 Å². The van der Waals surface area contributed by atoms with Gasteiger partial charge in [0, 0.05) is 0 Å². The molecule has 1 fully saturated rings. The molecule has 1 nitrogen and oxygen atoms in total. The molecule has 0 amide bonds. The number of rotatable bonds is 4. The second-order valence-corrected chi connectivity index (χ2v) is 6.90. The van der Waals surface area contributed by atoms with Crippen LogP contribution in [-0.2, 0) is 0 Å². The van der Waals surface area contributed by atoms with Gasteiger partial charge in [0.1, 0.15) is 0 Å². The summed E-state index contributed by atoms with van der Waals surface area (Å²) in [6.07, 6.45) is 6.59. The first kappa shape index (κ1) is 15.8. The third kappa shape index (κ3) is 3.48.